The van der Waals surface area contributed by atoms with Gasteiger partial charge < -0.3 is 10.1 Å². The molecule has 2 heteroatoms. The molecule has 1 aliphatic rings. The average Bonchev–Trinajstić information content (AvgIpc) is 2.27. The number of ether oxygens (including phenoxy) is 1. The summed E-state index contributed by atoms with van der Waals surface area (Å²) < 4.78 is 5.47. The molecule has 1 saturated heterocycles. The Morgan fingerprint density at radius 2 is 2.17 bits per heavy atom. The van der Waals surface area contributed by atoms with Crippen molar-refractivity contribution in [3.05, 3.63) is 0 Å². The van der Waals surface area contributed by atoms with Gasteiger partial charge in [0.05, 0.1) is 6.61 Å². The summed E-state index contributed by atoms with van der Waals surface area (Å²) in [6, 6.07) is 0. The highest BCUT2D eigenvalue weighted by Crippen LogP contribution is 2.18. The fourth-order valence-corrected chi connectivity index (χ4v) is 1.75. The van der Waals surface area contributed by atoms with E-state index in [9.17, 15) is 0 Å². The zero-order valence-corrected chi connectivity index (χ0v) is 8.36. The maximum atomic E-state index is 5.47. The summed E-state index contributed by atoms with van der Waals surface area (Å²) in [5.74, 6) is 0. The van der Waals surface area contributed by atoms with E-state index in [0.717, 1.165) is 19.8 Å². The molecule has 2 nitrogen and oxygen atoms in total. The Bertz CT molecular complexity index is 117. The summed E-state index contributed by atoms with van der Waals surface area (Å²) >= 11 is 0. The van der Waals surface area contributed by atoms with Gasteiger partial charge in [0, 0.05) is 12.1 Å². The third-order valence-corrected chi connectivity index (χ3v) is 2.58. The molecular formula is C10H21NO. The van der Waals surface area contributed by atoms with Gasteiger partial charge in [0.15, 0.2) is 0 Å². The molecule has 0 saturated carbocycles. The van der Waals surface area contributed by atoms with Crippen LogP contribution in [0.4, 0.5) is 0 Å². The molecule has 0 aliphatic carbocycles. The molecule has 0 radical (unpaired) electrons. The van der Waals surface area contributed by atoms with Crippen LogP contribution in [0.25, 0.3) is 0 Å². The van der Waals surface area contributed by atoms with Gasteiger partial charge in [-0.2, -0.15) is 0 Å². The van der Waals surface area contributed by atoms with Crippen LogP contribution < -0.4 is 5.32 Å². The van der Waals surface area contributed by atoms with Crippen molar-refractivity contribution in [2.75, 3.05) is 19.8 Å². The molecule has 0 spiro atoms. The van der Waals surface area contributed by atoms with Crippen molar-refractivity contribution in [2.45, 2.75) is 45.1 Å². The van der Waals surface area contributed by atoms with Gasteiger partial charge in [0.2, 0.25) is 0 Å². The van der Waals surface area contributed by atoms with E-state index >= 15 is 0 Å². The second-order valence-corrected chi connectivity index (χ2v) is 3.94. The van der Waals surface area contributed by atoms with Crippen LogP contribution >= 0.6 is 0 Å². The van der Waals surface area contributed by atoms with Crippen LogP contribution in [0.15, 0.2) is 0 Å². The van der Waals surface area contributed by atoms with Crippen molar-refractivity contribution in [1.29, 1.82) is 0 Å². The summed E-state index contributed by atoms with van der Waals surface area (Å²) in [5, 5.41) is 3.57. The molecule has 0 aromatic carbocycles. The van der Waals surface area contributed by atoms with Crippen molar-refractivity contribution < 1.29 is 4.74 Å². The van der Waals surface area contributed by atoms with Gasteiger partial charge in [-0.1, -0.05) is 12.8 Å². The molecule has 1 fully saturated rings. The van der Waals surface area contributed by atoms with Crippen LogP contribution in [0.3, 0.4) is 0 Å². The van der Waals surface area contributed by atoms with E-state index in [1.54, 1.807) is 0 Å². The lowest BCUT2D eigenvalue weighted by molar-refractivity contribution is 0.0823. The highest BCUT2D eigenvalue weighted by Gasteiger charge is 2.24. The minimum Gasteiger partial charge on any atom is -0.380 e. The average molecular weight is 171 g/mol. The molecular weight excluding hydrogens is 150 g/mol. The Hall–Kier alpha value is -0.0800. The molecule has 12 heavy (non-hydrogen) atoms. The SMILES string of the molecule is CCOCC1(C)CCCCCN1. The van der Waals surface area contributed by atoms with Gasteiger partial charge in [-0.15, -0.1) is 0 Å². The minimum atomic E-state index is 0.243. The highest BCUT2D eigenvalue weighted by atomic mass is 16.5. The topological polar surface area (TPSA) is 21.3 Å². The van der Waals surface area contributed by atoms with E-state index in [1.807, 2.05) is 0 Å². The zero-order valence-electron chi connectivity index (χ0n) is 8.36. The smallest absolute Gasteiger partial charge is 0.0645 e. The number of hydrogen-bond donors (Lipinski definition) is 1. The van der Waals surface area contributed by atoms with E-state index < -0.39 is 0 Å². The number of nitrogens with one attached hydrogen (secondary N) is 1. The standard InChI is InChI=1S/C10H21NO/c1-3-12-9-10(2)7-5-4-6-8-11-10/h11H,3-9H2,1-2H3. The van der Waals surface area contributed by atoms with Crippen molar-refractivity contribution in [3.8, 4) is 0 Å². The lowest BCUT2D eigenvalue weighted by atomic mass is 9.97. The summed E-state index contributed by atoms with van der Waals surface area (Å²) in [6.45, 7) is 7.18. The predicted octanol–water partition coefficient (Wildman–Crippen LogP) is 1.95. The monoisotopic (exact) mass is 171 g/mol. The normalized spacial score (nSPS) is 31.5. The largest absolute Gasteiger partial charge is 0.380 e. The first-order chi connectivity index (χ1) is 5.77. The van der Waals surface area contributed by atoms with E-state index in [4.69, 9.17) is 4.74 Å². The van der Waals surface area contributed by atoms with Crippen LogP contribution in [0.5, 0.6) is 0 Å². The molecule has 0 aromatic heterocycles. The predicted molar refractivity (Wildman–Crippen MR) is 51.4 cm³/mol. The van der Waals surface area contributed by atoms with E-state index in [-0.39, 0.29) is 5.54 Å². The molecule has 0 bridgehead atoms. The van der Waals surface area contributed by atoms with Gasteiger partial charge in [0.25, 0.3) is 0 Å². The van der Waals surface area contributed by atoms with E-state index in [2.05, 4.69) is 19.2 Å². The highest BCUT2D eigenvalue weighted by molar-refractivity contribution is 4.84. The van der Waals surface area contributed by atoms with Crippen molar-refractivity contribution in [3.63, 3.8) is 0 Å². The molecule has 1 rings (SSSR count). The Morgan fingerprint density at radius 3 is 2.92 bits per heavy atom. The fraction of sp³-hybridized carbons (Fsp3) is 1.00. The van der Waals surface area contributed by atoms with Crippen LogP contribution in [-0.4, -0.2) is 25.3 Å². The van der Waals surface area contributed by atoms with Gasteiger partial charge in [-0.3, -0.25) is 0 Å². The van der Waals surface area contributed by atoms with Crippen LogP contribution in [0.2, 0.25) is 0 Å². The van der Waals surface area contributed by atoms with E-state index in [0.29, 0.717) is 0 Å². The van der Waals surface area contributed by atoms with Gasteiger partial charge in [-0.25, -0.2) is 0 Å². The molecule has 1 aliphatic heterocycles. The molecule has 0 aromatic rings. The van der Waals surface area contributed by atoms with Crippen molar-refractivity contribution in [1.82, 2.24) is 5.32 Å². The van der Waals surface area contributed by atoms with Crippen LogP contribution in [-0.2, 0) is 4.74 Å². The lowest BCUT2D eigenvalue weighted by Crippen LogP contribution is -2.45. The summed E-state index contributed by atoms with van der Waals surface area (Å²) in [5.41, 5.74) is 0.243. The summed E-state index contributed by atoms with van der Waals surface area (Å²) in [4.78, 5) is 0. The maximum absolute atomic E-state index is 5.47. The second-order valence-electron chi connectivity index (χ2n) is 3.94. The molecule has 1 unspecified atom stereocenters. The molecule has 1 N–H and O–H groups in total. The summed E-state index contributed by atoms with van der Waals surface area (Å²) in [6.07, 6.45) is 5.29. The Morgan fingerprint density at radius 1 is 1.33 bits per heavy atom. The first-order valence-electron chi connectivity index (χ1n) is 5.10. The molecule has 1 heterocycles. The Balaban J connectivity index is 2.32. The lowest BCUT2D eigenvalue weighted by Gasteiger charge is -2.28. The van der Waals surface area contributed by atoms with Gasteiger partial charge >= 0.3 is 0 Å². The second kappa shape index (κ2) is 4.83. The Kier molecular flexibility index (Phi) is 4.02. The van der Waals surface area contributed by atoms with Crippen LogP contribution in [0.1, 0.15) is 39.5 Å². The molecule has 1 atom stereocenters. The van der Waals surface area contributed by atoms with Crippen LogP contribution in [0, 0.1) is 0 Å². The zero-order chi connectivity index (χ0) is 8.86. The van der Waals surface area contributed by atoms with Gasteiger partial charge in [0.1, 0.15) is 0 Å². The first-order valence-corrected chi connectivity index (χ1v) is 5.10. The number of rotatable bonds is 3. The van der Waals surface area contributed by atoms with E-state index in [1.165, 1.54) is 25.7 Å². The van der Waals surface area contributed by atoms with Crippen molar-refractivity contribution >= 4 is 0 Å². The minimum absolute atomic E-state index is 0.243. The summed E-state index contributed by atoms with van der Waals surface area (Å²) in [7, 11) is 0. The Labute approximate surface area is 75.7 Å². The quantitative estimate of drug-likeness (QED) is 0.700. The fourth-order valence-electron chi connectivity index (χ4n) is 1.75. The molecule has 0 amide bonds. The third-order valence-electron chi connectivity index (χ3n) is 2.58. The molecule has 72 valence electrons. The first kappa shape index (κ1) is 10.0. The third kappa shape index (κ3) is 3.11. The van der Waals surface area contributed by atoms with Crippen molar-refractivity contribution in [2.24, 2.45) is 0 Å². The van der Waals surface area contributed by atoms with Gasteiger partial charge in [-0.05, 0) is 33.2 Å². The maximum Gasteiger partial charge on any atom is 0.0645 e. The number of hydrogen-bond acceptors (Lipinski definition) is 2.